The standard InChI is InChI=1S/C9H8ClNO/c1-9(12,6-11)7-2-4-8(10)5-3-7/h2-5,12H,1H3/t9-/m0/s1. The summed E-state index contributed by atoms with van der Waals surface area (Å²) in [5.41, 5.74) is -0.876. The number of nitrogens with zero attached hydrogens (tertiary/aromatic N) is 1. The molecule has 0 bridgehead atoms. The van der Waals surface area contributed by atoms with Gasteiger partial charge in [-0.2, -0.15) is 5.26 Å². The Hall–Kier alpha value is -1.04. The van der Waals surface area contributed by atoms with Crippen molar-refractivity contribution in [3.63, 3.8) is 0 Å². The number of rotatable bonds is 1. The van der Waals surface area contributed by atoms with Gasteiger partial charge in [0.25, 0.3) is 0 Å². The van der Waals surface area contributed by atoms with Gasteiger partial charge in [-0.15, -0.1) is 0 Å². The summed E-state index contributed by atoms with van der Waals surface area (Å²) in [4.78, 5) is 0. The fourth-order valence-electron chi connectivity index (χ4n) is 0.839. The van der Waals surface area contributed by atoms with Gasteiger partial charge in [-0.1, -0.05) is 23.7 Å². The summed E-state index contributed by atoms with van der Waals surface area (Å²) in [7, 11) is 0. The molecule has 0 aromatic heterocycles. The Bertz CT molecular complexity index is 310. The van der Waals surface area contributed by atoms with Crippen LogP contribution in [0.2, 0.25) is 5.02 Å². The average Bonchev–Trinajstić information content (AvgIpc) is 2.05. The van der Waals surface area contributed by atoms with Crippen LogP contribution in [0.3, 0.4) is 0 Å². The molecule has 1 atom stereocenters. The lowest BCUT2D eigenvalue weighted by Gasteiger charge is -2.13. The molecule has 0 spiro atoms. The topological polar surface area (TPSA) is 44.0 Å². The smallest absolute Gasteiger partial charge is 0.173 e. The maximum atomic E-state index is 9.48. The lowest BCUT2D eigenvalue weighted by molar-refractivity contribution is 0.119. The Balaban J connectivity index is 3.07. The third-order valence-electron chi connectivity index (χ3n) is 1.62. The Kier molecular flexibility index (Phi) is 2.37. The summed E-state index contributed by atoms with van der Waals surface area (Å²) in [6.07, 6.45) is 0. The summed E-state index contributed by atoms with van der Waals surface area (Å²) >= 11 is 5.64. The second-order valence-electron chi connectivity index (χ2n) is 2.69. The Morgan fingerprint density at radius 3 is 2.33 bits per heavy atom. The lowest BCUT2D eigenvalue weighted by Crippen LogP contribution is -2.17. The van der Waals surface area contributed by atoms with E-state index in [-0.39, 0.29) is 0 Å². The summed E-state index contributed by atoms with van der Waals surface area (Å²) in [6.45, 7) is 1.44. The van der Waals surface area contributed by atoms with Crippen molar-refractivity contribution < 1.29 is 5.11 Å². The quantitative estimate of drug-likeness (QED) is 0.675. The molecule has 3 heteroatoms. The van der Waals surface area contributed by atoms with Gasteiger partial charge in [0.15, 0.2) is 5.60 Å². The van der Waals surface area contributed by atoms with Crippen molar-refractivity contribution in [3.8, 4) is 6.07 Å². The van der Waals surface area contributed by atoms with Crippen LogP contribution >= 0.6 is 11.6 Å². The number of hydrogen-bond donors (Lipinski definition) is 1. The average molecular weight is 182 g/mol. The predicted octanol–water partition coefficient (Wildman–Crippen LogP) is 2.07. The van der Waals surface area contributed by atoms with Crippen molar-refractivity contribution in [2.45, 2.75) is 12.5 Å². The van der Waals surface area contributed by atoms with Crippen LogP contribution in [0.15, 0.2) is 24.3 Å². The van der Waals surface area contributed by atoms with E-state index in [1.165, 1.54) is 6.92 Å². The van der Waals surface area contributed by atoms with E-state index in [0.717, 1.165) is 0 Å². The minimum absolute atomic E-state index is 0.550. The molecule has 12 heavy (non-hydrogen) atoms. The highest BCUT2D eigenvalue weighted by Crippen LogP contribution is 2.20. The molecule has 1 aromatic rings. The first kappa shape index (κ1) is 9.05. The van der Waals surface area contributed by atoms with E-state index in [1.807, 2.05) is 0 Å². The first-order valence-electron chi connectivity index (χ1n) is 3.46. The van der Waals surface area contributed by atoms with Gasteiger partial charge in [-0.3, -0.25) is 0 Å². The molecule has 0 aliphatic heterocycles. The van der Waals surface area contributed by atoms with Gasteiger partial charge in [0.2, 0.25) is 0 Å². The first-order valence-corrected chi connectivity index (χ1v) is 3.84. The van der Waals surface area contributed by atoms with Gasteiger partial charge < -0.3 is 5.11 Å². The van der Waals surface area contributed by atoms with Crippen LogP contribution in [0.1, 0.15) is 12.5 Å². The maximum absolute atomic E-state index is 9.48. The second kappa shape index (κ2) is 3.14. The van der Waals surface area contributed by atoms with Gasteiger partial charge in [-0.05, 0) is 24.6 Å². The summed E-state index contributed by atoms with van der Waals surface area (Å²) < 4.78 is 0. The zero-order valence-electron chi connectivity index (χ0n) is 6.58. The van der Waals surface area contributed by atoms with Gasteiger partial charge in [0.1, 0.15) is 6.07 Å². The first-order chi connectivity index (χ1) is 5.56. The van der Waals surface area contributed by atoms with Crippen LogP contribution < -0.4 is 0 Å². The highest BCUT2D eigenvalue weighted by Gasteiger charge is 2.21. The van der Waals surface area contributed by atoms with Gasteiger partial charge in [0, 0.05) is 5.02 Å². The largest absolute Gasteiger partial charge is 0.372 e. The molecule has 0 aliphatic carbocycles. The third-order valence-corrected chi connectivity index (χ3v) is 1.88. The minimum atomic E-state index is -1.43. The van der Waals surface area contributed by atoms with Gasteiger partial charge >= 0.3 is 0 Å². The summed E-state index contributed by atoms with van der Waals surface area (Å²) in [5.74, 6) is 0. The SMILES string of the molecule is C[C@](O)(C#N)c1ccc(Cl)cc1. The van der Waals surface area contributed by atoms with E-state index >= 15 is 0 Å². The monoisotopic (exact) mass is 181 g/mol. The van der Waals surface area contributed by atoms with Crippen molar-refractivity contribution in [1.82, 2.24) is 0 Å². The molecular formula is C9H8ClNO. The highest BCUT2D eigenvalue weighted by molar-refractivity contribution is 6.30. The molecular weight excluding hydrogens is 174 g/mol. The lowest BCUT2D eigenvalue weighted by atomic mass is 9.98. The Morgan fingerprint density at radius 2 is 1.92 bits per heavy atom. The van der Waals surface area contributed by atoms with Crippen LogP contribution in [0, 0.1) is 11.3 Å². The van der Waals surface area contributed by atoms with E-state index in [1.54, 1.807) is 30.3 Å². The zero-order valence-corrected chi connectivity index (χ0v) is 7.34. The van der Waals surface area contributed by atoms with Gasteiger partial charge in [-0.25, -0.2) is 0 Å². The zero-order chi connectivity index (χ0) is 9.19. The second-order valence-corrected chi connectivity index (χ2v) is 3.13. The van der Waals surface area contributed by atoms with E-state index < -0.39 is 5.60 Å². The number of halogens is 1. The number of aliphatic hydroxyl groups is 1. The molecule has 0 aliphatic rings. The van der Waals surface area contributed by atoms with Crippen molar-refractivity contribution in [1.29, 1.82) is 5.26 Å². The van der Waals surface area contributed by atoms with Crippen LogP contribution in [-0.4, -0.2) is 5.11 Å². The van der Waals surface area contributed by atoms with Crippen molar-refractivity contribution >= 4 is 11.6 Å². The van der Waals surface area contributed by atoms with Gasteiger partial charge in [0.05, 0.1) is 0 Å². The summed E-state index contributed by atoms with van der Waals surface area (Å²) in [5, 5.41) is 18.7. The van der Waals surface area contributed by atoms with Crippen LogP contribution in [0.5, 0.6) is 0 Å². The minimum Gasteiger partial charge on any atom is -0.372 e. The number of nitriles is 1. The normalized spacial score (nSPS) is 14.8. The Labute approximate surface area is 76.0 Å². The molecule has 1 aromatic carbocycles. The molecule has 62 valence electrons. The molecule has 2 nitrogen and oxygen atoms in total. The number of hydrogen-bond acceptors (Lipinski definition) is 2. The van der Waals surface area contributed by atoms with Crippen molar-refractivity contribution in [3.05, 3.63) is 34.9 Å². The fourth-order valence-corrected chi connectivity index (χ4v) is 0.965. The van der Waals surface area contributed by atoms with Crippen molar-refractivity contribution in [2.75, 3.05) is 0 Å². The van der Waals surface area contributed by atoms with E-state index in [0.29, 0.717) is 10.6 Å². The molecule has 0 fully saturated rings. The fraction of sp³-hybridized carbons (Fsp3) is 0.222. The van der Waals surface area contributed by atoms with Crippen LogP contribution in [-0.2, 0) is 5.60 Å². The molecule has 0 saturated heterocycles. The third kappa shape index (κ3) is 1.76. The predicted molar refractivity (Wildman–Crippen MR) is 46.6 cm³/mol. The molecule has 0 radical (unpaired) electrons. The van der Waals surface area contributed by atoms with Crippen LogP contribution in [0.4, 0.5) is 0 Å². The molecule has 0 amide bonds. The summed E-state index contributed by atoms with van der Waals surface area (Å²) in [6, 6.07) is 8.33. The molecule has 0 saturated carbocycles. The van der Waals surface area contributed by atoms with E-state index in [4.69, 9.17) is 16.9 Å². The van der Waals surface area contributed by atoms with E-state index in [9.17, 15) is 5.11 Å². The maximum Gasteiger partial charge on any atom is 0.173 e. The van der Waals surface area contributed by atoms with E-state index in [2.05, 4.69) is 0 Å². The molecule has 1 rings (SSSR count). The molecule has 0 heterocycles. The highest BCUT2D eigenvalue weighted by atomic mass is 35.5. The molecule has 0 unspecified atom stereocenters. The Morgan fingerprint density at radius 1 is 1.42 bits per heavy atom. The molecule has 1 N–H and O–H groups in total. The van der Waals surface area contributed by atoms with Crippen LogP contribution in [0.25, 0.3) is 0 Å². The number of benzene rings is 1. The van der Waals surface area contributed by atoms with Crippen molar-refractivity contribution in [2.24, 2.45) is 0 Å².